The Morgan fingerprint density at radius 2 is 2.15 bits per heavy atom. The molecule has 2 rings (SSSR count). The van der Waals surface area contributed by atoms with E-state index in [1.807, 2.05) is 0 Å². The number of nitrogens with two attached hydrogens (primary N) is 1. The summed E-state index contributed by atoms with van der Waals surface area (Å²) in [4.78, 5) is -0.143. The van der Waals surface area contributed by atoms with Crippen molar-refractivity contribution in [2.75, 3.05) is 13.6 Å². The number of rotatable bonds is 5. The van der Waals surface area contributed by atoms with E-state index >= 15 is 0 Å². The highest BCUT2D eigenvalue weighted by atomic mass is 32.2. The van der Waals surface area contributed by atoms with Crippen molar-refractivity contribution < 1.29 is 12.8 Å². The van der Waals surface area contributed by atoms with E-state index in [0.717, 1.165) is 12.5 Å². The smallest absolute Gasteiger partial charge is 0.242 e. The summed E-state index contributed by atoms with van der Waals surface area (Å²) in [6.45, 7) is 2.57. The molecule has 0 bridgehead atoms. The van der Waals surface area contributed by atoms with Crippen molar-refractivity contribution >= 4 is 27.2 Å². The molecule has 1 fully saturated rings. The lowest BCUT2D eigenvalue weighted by Gasteiger charge is -2.17. The summed E-state index contributed by atoms with van der Waals surface area (Å²) < 4.78 is 39.6. The van der Waals surface area contributed by atoms with Gasteiger partial charge in [0.1, 0.15) is 10.8 Å². The highest BCUT2D eigenvalue weighted by Crippen LogP contribution is 2.38. The Morgan fingerprint density at radius 3 is 2.65 bits per heavy atom. The largest absolute Gasteiger partial charge is 0.389 e. The van der Waals surface area contributed by atoms with E-state index in [1.165, 1.54) is 23.5 Å². The summed E-state index contributed by atoms with van der Waals surface area (Å²) in [6.07, 6.45) is 1.04. The zero-order valence-electron chi connectivity index (χ0n) is 11.3. The molecule has 2 N–H and O–H groups in total. The predicted octanol–water partition coefficient (Wildman–Crippen LogP) is 1.74. The maximum absolute atomic E-state index is 13.5. The molecule has 0 radical (unpaired) electrons. The van der Waals surface area contributed by atoms with Gasteiger partial charge in [-0.25, -0.2) is 17.1 Å². The van der Waals surface area contributed by atoms with Gasteiger partial charge in [0.2, 0.25) is 10.0 Å². The Hall–Kier alpha value is -1.05. The molecule has 1 saturated carbocycles. The predicted molar refractivity (Wildman–Crippen MR) is 79.4 cm³/mol. The molecule has 1 aromatic carbocycles. The van der Waals surface area contributed by atoms with Gasteiger partial charge in [-0.05, 0) is 36.5 Å². The van der Waals surface area contributed by atoms with Crippen molar-refractivity contribution in [3.63, 3.8) is 0 Å². The number of sulfonamides is 1. The second kappa shape index (κ2) is 5.38. The lowest BCUT2D eigenvalue weighted by molar-refractivity contribution is 0.444. The highest BCUT2D eigenvalue weighted by molar-refractivity contribution is 7.89. The lowest BCUT2D eigenvalue weighted by atomic mass is 10.2. The molecule has 0 saturated heterocycles. The first kappa shape index (κ1) is 15.3. The summed E-state index contributed by atoms with van der Waals surface area (Å²) in [7, 11) is -2.11. The van der Waals surface area contributed by atoms with Crippen LogP contribution >= 0.6 is 12.2 Å². The summed E-state index contributed by atoms with van der Waals surface area (Å²) in [6, 6.07) is 3.51. The van der Waals surface area contributed by atoms with Crippen LogP contribution in [-0.4, -0.2) is 31.3 Å². The Kier molecular flexibility index (Phi) is 4.13. The normalized spacial score (nSPS) is 22.0. The van der Waals surface area contributed by atoms with Crippen molar-refractivity contribution in [2.45, 2.75) is 18.2 Å². The zero-order chi connectivity index (χ0) is 15.1. The van der Waals surface area contributed by atoms with E-state index in [1.54, 1.807) is 0 Å². The third-order valence-electron chi connectivity index (χ3n) is 3.68. The first-order chi connectivity index (χ1) is 9.23. The van der Waals surface area contributed by atoms with E-state index in [0.29, 0.717) is 18.4 Å². The molecule has 20 heavy (non-hydrogen) atoms. The van der Waals surface area contributed by atoms with Crippen molar-refractivity contribution in [1.29, 1.82) is 0 Å². The Bertz CT molecular complexity index is 646. The molecule has 2 unspecified atom stereocenters. The van der Waals surface area contributed by atoms with Crippen molar-refractivity contribution in [3.8, 4) is 0 Å². The number of hydrogen-bond donors (Lipinski definition) is 1. The van der Waals surface area contributed by atoms with Gasteiger partial charge in [0.25, 0.3) is 0 Å². The topological polar surface area (TPSA) is 63.4 Å². The molecule has 7 heteroatoms. The van der Waals surface area contributed by atoms with Gasteiger partial charge >= 0.3 is 0 Å². The minimum atomic E-state index is -3.64. The summed E-state index contributed by atoms with van der Waals surface area (Å²) >= 11 is 4.72. The molecule has 1 aromatic rings. The van der Waals surface area contributed by atoms with Gasteiger partial charge in [0, 0.05) is 19.2 Å². The van der Waals surface area contributed by atoms with Crippen LogP contribution in [0.5, 0.6) is 0 Å². The van der Waals surface area contributed by atoms with E-state index in [4.69, 9.17) is 18.0 Å². The molecule has 0 aliphatic heterocycles. The third kappa shape index (κ3) is 2.99. The minimum absolute atomic E-state index is 0.0116. The van der Waals surface area contributed by atoms with Crippen LogP contribution in [0, 0.1) is 17.7 Å². The molecule has 2 atom stereocenters. The van der Waals surface area contributed by atoms with Crippen LogP contribution < -0.4 is 5.73 Å². The van der Waals surface area contributed by atoms with E-state index in [2.05, 4.69) is 6.92 Å². The first-order valence-corrected chi connectivity index (χ1v) is 8.14. The van der Waals surface area contributed by atoms with Crippen LogP contribution in [0.4, 0.5) is 4.39 Å². The fraction of sp³-hybridized carbons (Fsp3) is 0.462. The van der Waals surface area contributed by atoms with Crippen LogP contribution in [0.3, 0.4) is 0 Å². The lowest BCUT2D eigenvalue weighted by Crippen LogP contribution is -2.29. The highest BCUT2D eigenvalue weighted by Gasteiger charge is 2.36. The Labute approximate surface area is 123 Å². The van der Waals surface area contributed by atoms with Crippen LogP contribution in [-0.2, 0) is 10.0 Å². The molecule has 0 heterocycles. The molecular weight excluding hydrogens is 299 g/mol. The van der Waals surface area contributed by atoms with Gasteiger partial charge in [-0.15, -0.1) is 0 Å². The van der Waals surface area contributed by atoms with Gasteiger partial charge in [-0.1, -0.05) is 19.1 Å². The summed E-state index contributed by atoms with van der Waals surface area (Å²) in [5.74, 6) is 0.355. The monoisotopic (exact) mass is 316 g/mol. The van der Waals surface area contributed by atoms with Crippen molar-refractivity contribution in [3.05, 3.63) is 29.6 Å². The molecule has 110 valence electrons. The van der Waals surface area contributed by atoms with Gasteiger partial charge in [0.15, 0.2) is 0 Å². The standard InChI is InChI=1S/C13H17FN2O2S2/c1-8-5-9(8)7-16(2)20(17,18)10-3-4-12(14)11(6-10)13(15)19/h3-4,6,8-9H,5,7H2,1-2H3,(H2,15,19). The molecule has 4 nitrogen and oxygen atoms in total. The Balaban J connectivity index is 2.29. The fourth-order valence-electron chi connectivity index (χ4n) is 2.12. The maximum Gasteiger partial charge on any atom is 0.242 e. The molecule has 1 aliphatic rings. The van der Waals surface area contributed by atoms with Crippen LogP contribution in [0.1, 0.15) is 18.9 Å². The second-order valence-corrected chi connectivity index (χ2v) is 7.75. The van der Waals surface area contributed by atoms with Crippen molar-refractivity contribution in [2.24, 2.45) is 17.6 Å². The number of thiocarbonyl (C=S) groups is 1. The van der Waals surface area contributed by atoms with Gasteiger partial charge < -0.3 is 5.73 Å². The number of halogens is 1. The Morgan fingerprint density at radius 1 is 1.55 bits per heavy atom. The number of nitrogens with zero attached hydrogens (tertiary/aromatic N) is 1. The minimum Gasteiger partial charge on any atom is -0.389 e. The molecule has 0 amide bonds. The van der Waals surface area contributed by atoms with Gasteiger partial charge in [-0.2, -0.15) is 0 Å². The summed E-state index contributed by atoms with van der Waals surface area (Å²) in [5, 5.41) is 0. The van der Waals surface area contributed by atoms with Crippen LogP contribution in [0.25, 0.3) is 0 Å². The SMILES string of the molecule is CC1CC1CN(C)S(=O)(=O)c1ccc(F)c(C(N)=S)c1. The molecule has 1 aliphatic carbocycles. The molecule has 0 aromatic heterocycles. The van der Waals surface area contributed by atoms with Crippen molar-refractivity contribution in [1.82, 2.24) is 4.31 Å². The average molecular weight is 316 g/mol. The van der Waals surface area contributed by atoms with Gasteiger partial charge in [0.05, 0.1) is 4.90 Å². The van der Waals surface area contributed by atoms with Crippen LogP contribution in [0.15, 0.2) is 23.1 Å². The molecule has 0 spiro atoms. The number of hydrogen-bond acceptors (Lipinski definition) is 3. The second-order valence-electron chi connectivity index (χ2n) is 5.26. The average Bonchev–Trinajstić information content (AvgIpc) is 3.04. The van der Waals surface area contributed by atoms with Crippen LogP contribution in [0.2, 0.25) is 0 Å². The molecular formula is C13H17FN2O2S2. The van der Waals surface area contributed by atoms with E-state index < -0.39 is 15.8 Å². The van der Waals surface area contributed by atoms with E-state index in [9.17, 15) is 12.8 Å². The third-order valence-corrected chi connectivity index (χ3v) is 5.72. The first-order valence-electron chi connectivity index (χ1n) is 6.29. The van der Waals surface area contributed by atoms with Gasteiger partial charge in [-0.3, -0.25) is 0 Å². The quantitative estimate of drug-likeness (QED) is 0.841. The van der Waals surface area contributed by atoms with E-state index in [-0.39, 0.29) is 15.4 Å². The maximum atomic E-state index is 13.5. The fourth-order valence-corrected chi connectivity index (χ4v) is 3.53. The summed E-state index contributed by atoms with van der Waals surface area (Å²) in [5.41, 5.74) is 5.35. The number of benzene rings is 1. The zero-order valence-corrected chi connectivity index (χ0v) is 13.0.